The Labute approximate surface area is 157 Å². The SMILES string of the molecule is Cc1ccc(NC(=O)C(C)(C)C)cc1NC(=O)CCCCCCN.Cl. The first-order chi connectivity index (χ1) is 11.2. The highest BCUT2D eigenvalue weighted by Crippen LogP contribution is 2.23. The van der Waals surface area contributed by atoms with Gasteiger partial charge in [-0.2, -0.15) is 0 Å². The predicted octanol–water partition coefficient (Wildman–Crippen LogP) is 4.25. The monoisotopic (exact) mass is 369 g/mol. The third-order valence-corrected chi connectivity index (χ3v) is 3.81. The van der Waals surface area contributed by atoms with Crippen molar-refractivity contribution in [2.24, 2.45) is 11.1 Å². The molecule has 0 aliphatic rings. The van der Waals surface area contributed by atoms with Gasteiger partial charge < -0.3 is 16.4 Å². The average molecular weight is 370 g/mol. The zero-order chi connectivity index (χ0) is 18.2. The van der Waals surface area contributed by atoms with Crippen LogP contribution in [0.4, 0.5) is 11.4 Å². The standard InChI is InChI=1S/C19H31N3O2.ClH/c1-14-10-11-15(21-18(24)19(2,3)4)13-16(14)22-17(23)9-7-5-6-8-12-20;/h10-11,13H,5-9,12,20H2,1-4H3,(H,21,24)(H,22,23);1H. The van der Waals surface area contributed by atoms with Gasteiger partial charge in [0.25, 0.3) is 0 Å². The van der Waals surface area contributed by atoms with E-state index in [1.165, 1.54) is 0 Å². The first-order valence-corrected chi connectivity index (χ1v) is 8.66. The van der Waals surface area contributed by atoms with Crippen molar-refractivity contribution in [3.05, 3.63) is 23.8 Å². The van der Waals surface area contributed by atoms with Crippen LogP contribution in [0.5, 0.6) is 0 Å². The highest BCUT2D eigenvalue weighted by molar-refractivity contribution is 5.96. The molecule has 0 atom stereocenters. The van der Waals surface area contributed by atoms with Crippen molar-refractivity contribution in [3.63, 3.8) is 0 Å². The summed E-state index contributed by atoms with van der Waals surface area (Å²) in [6, 6.07) is 5.56. The number of unbranched alkanes of at least 4 members (excludes halogenated alkanes) is 3. The van der Waals surface area contributed by atoms with Crippen LogP contribution in [-0.4, -0.2) is 18.4 Å². The summed E-state index contributed by atoms with van der Waals surface area (Å²) < 4.78 is 0. The summed E-state index contributed by atoms with van der Waals surface area (Å²) >= 11 is 0. The van der Waals surface area contributed by atoms with Crippen molar-refractivity contribution in [2.45, 2.75) is 59.8 Å². The quantitative estimate of drug-likeness (QED) is 0.599. The molecule has 4 N–H and O–H groups in total. The number of aryl methyl sites for hydroxylation is 1. The van der Waals surface area contributed by atoms with Crippen LogP contribution >= 0.6 is 12.4 Å². The third kappa shape index (κ3) is 8.89. The molecule has 1 aromatic carbocycles. The van der Waals surface area contributed by atoms with E-state index in [4.69, 9.17) is 5.73 Å². The second-order valence-corrected chi connectivity index (χ2v) is 7.23. The fourth-order valence-corrected chi connectivity index (χ4v) is 2.15. The lowest BCUT2D eigenvalue weighted by Gasteiger charge is -2.18. The Bertz CT molecular complexity index is 568. The van der Waals surface area contributed by atoms with Crippen LogP contribution in [-0.2, 0) is 9.59 Å². The van der Waals surface area contributed by atoms with E-state index in [1.807, 2.05) is 45.9 Å². The van der Waals surface area contributed by atoms with Gasteiger partial charge in [-0.3, -0.25) is 9.59 Å². The molecule has 25 heavy (non-hydrogen) atoms. The van der Waals surface area contributed by atoms with Crippen molar-refractivity contribution in [3.8, 4) is 0 Å². The minimum Gasteiger partial charge on any atom is -0.330 e. The van der Waals surface area contributed by atoms with E-state index in [0.29, 0.717) is 18.7 Å². The highest BCUT2D eigenvalue weighted by Gasteiger charge is 2.21. The van der Waals surface area contributed by atoms with Gasteiger partial charge in [0.2, 0.25) is 11.8 Å². The molecule has 0 fully saturated rings. The molecule has 2 amide bonds. The number of carbonyl (C=O) groups is 2. The Balaban J connectivity index is 0.00000576. The maximum atomic E-state index is 12.1. The van der Waals surface area contributed by atoms with Gasteiger partial charge >= 0.3 is 0 Å². The van der Waals surface area contributed by atoms with Crippen LogP contribution in [0.15, 0.2) is 18.2 Å². The molecule has 0 saturated heterocycles. The molecular weight excluding hydrogens is 338 g/mol. The number of rotatable bonds is 8. The smallest absolute Gasteiger partial charge is 0.229 e. The Morgan fingerprint density at radius 1 is 1.04 bits per heavy atom. The fourth-order valence-electron chi connectivity index (χ4n) is 2.15. The third-order valence-electron chi connectivity index (χ3n) is 3.81. The van der Waals surface area contributed by atoms with E-state index in [-0.39, 0.29) is 24.2 Å². The molecule has 0 bridgehead atoms. The van der Waals surface area contributed by atoms with Gasteiger partial charge in [-0.15, -0.1) is 12.4 Å². The Morgan fingerprint density at radius 2 is 1.68 bits per heavy atom. The van der Waals surface area contributed by atoms with Crippen LogP contribution in [0.1, 0.15) is 58.4 Å². The summed E-state index contributed by atoms with van der Waals surface area (Å²) in [7, 11) is 0. The summed E-state index contributed by atoms with van der Waals surface area (Å²) in [5.74, 6) is -0.0475. The van der Waals surface area contributed by atoms with E-state index >= 15 is 0 Å². The molecule has 0 aliphatic carbocycles. The molecule has 142 valence electrons. The molecule has 1 aromatic rings. The molecule has 0 aliphatic heterocycles. The van der Waals surface area contributed by atoms with Crippen molar-refractivity contribution >= 4 is 35.6 Å². The van der Waals surface area contributed by atoms with Crippen molar-refractivity contribution < 1.29 is 9.59 Å². The van der Waals surface area contributed by atoms with Crippen molar-refractivity contribution in [1.82, 2.24) is 0 Å². The fraction of sp³-hybridized carbons (Fsp3) is 0.579. The lowest BCUT2D eigenvalue weighted by molar-refractivity contribution is -0.123. The lowest BCUT2D eigenvalue weighted by atomic mass is 9.95. The Morgan fingerprint density at radius 3 is 2.28 bits per heavy atom. The van der Waals surface area contributed by atoms with Crippen LogP contribution in [0.25, 0.3) is 0 Å². The second kappa shape index (κ2) is 11.1. The van der Waals surface area contributed by atoms with Gasteiger partial charge in [0.05, 0.1) is 0 Å². The van der Waals surface area contributed by atoms with Crippen LogP contribution in [0.2, 0.25) is 0 Å². The zero-order valence-corrected chi connectivity index (χ0v) is 16.6. The highest BCUT2D eigenvalue weighted by atomic mass is 35.5. The van der Waals surface area contributed by atoms with E-state index in [2.05, 4.69) is 10.6 Å². The first kappa shape index (κ1) is 23.4. The van der Waals surface area contributed by atoms with Crippen molar-refractivity contribution in [2.75, 3.05) is 17.2 Å². The molecule has 0 heterocycles. The number of amides is 2. The predicted molar refractivity (Wildman–Crippen MR) is 107 cm³/mol. The minimum atomic E-state index is -0.460. The molecular formula is C19H32ClN3O2. The molecule has 5 nitrogen and oxygen atoms in total. The van der Waals surface area contributed by atoms with Gasteiger partial charge in [0.1, 0.15) is 0 Å². The number of anilines is 2. The lowest BCUT2D eigenvalue weighted by Crippen LogP contribution is -2.27. The molecule has 0 aromatic heterocycles. The molecule has 0 radical (unpaired) electrons. The largest absolute Gasteiger partial charge is 0.330 e. The topological polar surface area (TPSA) is 84.2 Å². The summed E-state index contributed by atoms with van der Waals surface area (Å²) in [5.41, 5.74) is 7.40. The van der Waals surface area contributed by atoms with Crippen LogP contribution in [0.3, 0.4) is 0 Å². The number of nitrogens with one attached hydrogen (secondary N) is 2. The molecule has 0 saturated carbocycles. The summed E-state index contributed by atoms with van der Waals surface area (Å²) in [6.07, 6.45) is 4.46. The van der Waals surface area contributed by atoms with E-state index in [1.54, 1.807) is 0 Å². The van der Waals surface area contributed by atoms with Crippen molar-refractivity contribution in [1.29, 1.82) is 0 Å². The van der Waals surface area contributed by atoms with Crippen LogP contribution in [0, 0.1) is 12.3 Å². The number of halogens is 1. The van der Waals surface area contributed by atoms with Gasteiger partial charge in [-0.05, 0) is 44.0 Å². The van der Waals surface area contributed by atoms with Gasteiger partial charge in [0.15, 0.2) is 0 Å². The molecule has 0 spiro atoms. The maximum absolute atomic E-state index is 12.1. The number of carbonyl (C=O) groups excluding carboxylic acids is 2. The maximum Gasteiger partial charge on any atom is 0.229 e. The first-order valence-electron chi connectivity index (χ1n) is 8.66. The number of hydrogen-bond acceptors (Lipinski definition) is 3. The Kier molecular flexibility index (Phi) is 10.4. The number of nitrogens with two attached hydrogens (primary N) is 1. The van der Waals surface area contributed by atoms with Gasteiger partial charge in [0, 0.05) is 23.2 Å². The molecule has 6 heteroatoms. The average Bonchev–Trinajstić information content (AvgIpc) is 2.49. The molecule has 0 unspecified atom stereocenters. The summed E-state index contributed by atoms with van der Waals surface area (Å²) in [6.45, 7) is 8.24. The van der Waals surface area contributed by atoms with E-state index < -0.39 is 5.41 Å². The van der Waals surface area contributed by atoms with Gasteiger partial charge in [-0.25, -0.2) is 0 Å². The Hall–Kier alpha value is -1.59. The number of hydrogen-bond donors (Lipinski definition) is 3. The van der Waals surface area contributed by atoms with Gasteiger partial charge in [-0.1, -0.05) is 39.7 Å². The normalized spacial score (nSPS) is 10.8. The summed E-state index contributed by atoms with van der Waals surface area (Å²) in [4.78, 5) is 24.1. The zero-order valence-electron chi connectivity index (χ0n) is 15.8. The van der Waals surface area contributed by atoms with E-state index in [9.17, 15) is 9.59 Å². The minimum absolute atomic E-state index is 0. The van der Waals surface area contributed by atoms with Crippen LogP contribution < -0.4 is 16.4 Å². The molecule has 1 rings (SSSR count). The van der Waals surface area contributed by atoms with E-state index in [0.717, 1.165) is 36.9 Å². The second-order valence-electron chi connectivity index (χ2n) is 7.23. The summed E-state index contributed by atoms with van der Waals surface area (Å²) in [5, 5.41) is 5.83. The number of benzene rings is 1.